The first-order chi connectivity index (χ1) is 12.9. The summed E-state index contributed by atoms with van der Waals surface area (Å²) in [5.41, 5.74) is 2.61. The smallest absolute Gasteiger partial charge is 0.221 e. The number of aryl methyl sites for hydroxylation is 1. The van der Waals surface area contributed by atoms with Gasteiger partial charge in [0.15, 0.2) is 0 Å². The van der Waals surface area contributed by atoms with Gasteiger partial charge in [-0.15, -0.1) is 5.10 Å². The van der Waals surface area contributed by atoms with Gasteiger partial charge in [0.1, 0.15) is 17.4 Å². The van der Waals surface area contributed by atoms with Crippen molar-refractivity contribution >= 4 is 16.9 Å². The van der Waals surface area contributed by atoms with Gasteiger partial charge < -0.3 is 10.1 Å². The van der Waals surface area contributed by atoms with Gasteiger partial charge >= 0.3 is 0 Å². The Labute approximate surface area is 159 Å². The molecule has 2 aromatic carbocycles. The Bertz CT molecular complexity index is 910. The third-order valence-corrected chi connectivity index (χ3v) is 4.54. The second-order valence-corrected chi connectivity index (χ2v) is 7.71. The summed E-state index contributed by atoms with van der Waals surface area (Å²) >= 11 is 0. The Morgan fingerprint density at radius 3 is 2.52 bits per heavy atom. The Balaban J connectivity index is 1.72. The molecule has 0 aliphatic carbocycles. The summed E-state index contributed by atoms with van der Waals surface area (Å²) in [7, 11) is 1.64. The SMILES string of the molecule is COc1ccc(CCC(=O)NC(n2nnc3ccccc32)C(C)(C)C)cc1. The zero-order valence-electron chi connectivity index (χ0n) is 16.3. The molecule has 0 aliphatic heterocycles. The summed E-state index contributed by atoms with van der Waals surface area (Å²) in [5.74, 6) is 0.805. The van der Waals surface area contributed by atoms with Crippen LogP contribution in [-0.4, -0.2) is 28.0 Å². The predicted octanol–water partition coefficient (Wildman–Crippen LogP) is 3.73. The van der Waals surface area contributed by atoms with Gasteiger partial charge in [-0.05, 0) is 36.2 Å². The van der Waals surface area contributed by atoms with E-state index in [0.29, 0.717) is 12.8 Å². The molecule has 0 radical (unpaired) electrons. The summed E-state index contributed by atoms with van der Waals surface area (Å²) in [6.07, 6.45) is 0.796. The second-order valence-electron chi connectivity index (χ2n) is 7.71. The van der Waals surface area contributed by atoms with Crippen LogP contribution in [0.15, 0.2) is 48.5 Å². The molecule has 1 heterocycles. The zero-order valence-corrected chi connectivity index (χ0v) is 16.3. The number of nitrogens with zero attached hydrogens (tertiary/aromatic N) is 3. The van der Waals surface area contributed by atoms with Gasteiger partial charge in [0, 0.05) is 11.8 Å². The van der Waals surface area contributed by atoms with Gasteiger partial charge in [-0.3, -0.25) is 4.79 Å². The number of rotatable bonds is 6. The molecule has 142 valence electrons. The van der Waals surface area contributed by atoms with Gasteiger partial charge in [0.2, 0.25) is 5.91 Å². The Hall–Kier alpha value is -2.89. The molecule has 1 aromatic heterocycles. The Morgan fingerprint density at radius 2 is 1.85 bits per heavy atom. The van der Waals surface area contributed by atoms with Gasteiger partial charge in [-0.2, -0.15) is 0 Å². The first-order valence-corrected chi connectivity index (χ1v) is 9.11. The monoisotopic (exact) mass is 366 g/mol. The molecule has 1 amide bonds. The van der Waals surface area contributed by atoms with Crippen molar-refractivity contribution < 1.29 is 9.53 Å². The molecule has 1 unspecified atom stereocenters. The lowest BCUT2D eigenvalue weighted by molar-refractivity contribution is -0.123. The van der Waals surface area contributed by atoms with E-state index in [9.17, 15) is 4.79 Å². The lowest BCUT2D eigenvalue weighted by atomic mass is 9.92. The number of aromatic nitrogens is 3. The molecule has 0 spiro atoms. The molecule has 0 fully saturated rings. The molecular weight excluding hydrogens is 340 g/mol. The summed E-state index contributed by atoms with van der Waals surface area (Å²) in [4.78, 5) is 12.6. The van der Waals surface area contributed by atoms with E-state index in [1.165, 1.54) is 0 Å². The third-order valence-electron chi connectivity index (χ3n) is 4.54. The average molecular weight is 366 g/mol. The van der Waals surface area contributed by atoms with Crippen molar-refractivity contribution in [2.45, 2.75) is 39.8 Å². The van der Waals surface area contributed by atoms with Crippen molar-refractivity contribution in [3.05, 3.63) is 54.1 Å². The molecular formula is C21H26N4O2. The number of carbonyl (C=O) groups excluding carboxylic acids is 1. The molecule has 0 saturated carbocycles. The fraction of sp³-hybridized carbons (Fsp3) is 0.381. The van der Waals surface area contributed by atoms with Crippen molar-refractivity contribution in [3.8, 4) is 5.75 Å². The minimum absolute atomic E-state index is 0.00896. The van der Waals surface area contributed by atoms with Crippen molar-refractivity contribution in [2.75, 3.05) is 7.11 Å². The lowest BCUT2D eigenvalue weighted by Crippen LogP contribution is -2.41. The predicted molar refractivity (Wildman–Crippen MR) is 105 cm³/mol. The molecule has 1 atom stereocenters. The number of fused-ring (bicyclic) bond motifs is 1. The largest absolute Gasteiger partial charge is 0.497 e. The van der Waals surface area contributed by atoms with Crippen LogP contribution in [0, 0.1) is 5.41 Å². The number of ether oxygens (including phenoxy) is 1. The normalized spacial score (nSPS) is 12.7. The van der Waals surface area contributed by atoms with Crippen LogP contribution in [0.4, 0.5) is 0 Å². The highest BCUT2D eigenvalue weighted by molar-refractivity contribution is 5.77. The highest BCUT2D eigenvalue weighted by Crippen LogP contribution is 2.30. The number of methoxy groups -OCH3 is 1. The van der Waals surface area contributed by atoms with Crippen molar-refractivity contribution in [2.24, 2.45) is 5.41 Å². The fourth-order valence-corrected chi connectivity index (χ4v) is 3.00. The molecule has 0 bridgehead atoms. The summed E-state index contributed by atoms with van der Waals surface area (Å²) in [5, 5.41) is 11.7. The van der Waals surface area contributed by atoms with Crippen LogP contribution in [0.2, 0.25) is 0 Å². The van der Waals surface area contributed by atoms with Crippen LogP contribution in [0.1, 0.15) is 38.9 Å². The van der Waals surface area contributed by atoms with Crippen LogP contribution in [0.3, 0.4) is 0 Å². The topological polar surface area (TPSA) is 69.0 Å². The van der Waals surface area contributed by atoms with Gasteiger partial charge in [-0.1, -0.05) is 50.3 Å². The molecule has 3 aromatic rings. The summed E-state index contributed by atoms with van der Waals surface area (Å²) in [6, 6.07) is 15.6. The Kier molecular flexibility index (Phi) is 5.44. The minimum Gasteiger partial charge on any atom is -0.497 e. The standard InChI is InChI=1S/C21H26N4O2/c1-21(2,3)20(25-18-8-6-5-7-17(18)23-24-25)22-19(26)14-11-15-9-12-16(27-4)13-10-15/h5-10,12-13,20H,11,14H2,1-4H3,(H,22,26). The molecule has 6 nitrogen and oxygen atoms in total. The van der Waals surface area contributed by atoms with Crippen molar-refractivity contribution in [3.63, 3.8) is 0 Å². The molecule has 1 N–H and O–H groups in total. The maximum Gasteiger partial charge on any atom is 0.221 e. The number of nitrogens with one attached hydrogen (secondary N) is 1. The van der Waals surface area contributed by atoms with Crippen LogP contribution in [-0.2, 0) is 11.2 Å². The van der Waals surface area contributed by atoms with Crippen molar-refractivity contribution in [1.29, 1.82) is 0 Å². The van der Waals surface area contributed by atoms with E-state index in [0.717, 1.165) is 22.3 Å². The fourth-order valence-electron chi connectivity index (χ4n) is 3.00. The van der Waals surface area contributed by atoms with E-state index >= 15 is 0 Å². The number of para-hydroxylation sites is 1. The van der Waals surface area contributed by atoms with E-state index in [1.54, 1.807) is 11.8 Å². The summed E-state index contributed by atoms with van der Waals surface area (Å²) < 4.78 is 6.97. The highest BCUT2D eigenvalue weighted by Gasteiger charge is 2.30. The molecule has 6 heteroatoms. The number of benzene rings is 2. The van der Waals surface area contributed by atoms with E-state index in [2.05, 4.69) is 36.4 Å². The highest BCUT2D eigenvalue weighted by atomic mass is 16.5. The average Bonchev–Trinajstić information content (AvgIpc) is 3.07. The van der Waals surface area contributed by atoms with Crippen LogP contribution in [0.25, 0.3) is 11.0 Å². The van der Waals surface area contributed by atoms with E-state index in [1.807, 2.05) is 48.5 Å². The quantitative estimate of drug-likeness (QED) is 0.722. The number of hydrogen-bond acceptors (Lipinski definition) is 4. The molecule has 0 saturated heterocycles. The zero-order chi connectivity index (χ0) is 19.4. The van der Waals surface area contributed by atoms with Gasteiger partial charge in [0.25, 0.3) is 0 Å². The third kappa shape index (κ3) is 4.45. The molecule has 0 aliphatic rings. The van der Waals surface area contributed by atoms with Gasteiger partial charge in [-0.25, -0.2) is 4.68 Å². The molecule has 27 heavy (non-hydrogen) atoms. The van der Waals surface area contributed by atoms with Crippen LogP contribution < -0.4 is 10.1 Å². The van der Waals surface area contributed by atoms with E-state index < -0.39 is 0 Å². The lowest BCUT2D eigenvalue weighted by Gasteiger charge is -2.31. The Morgan fingerprint density at radius 1 is 1.15 bits per heavy atom. The second kappa shape index (κ2) is 7.78. The van der Waals surface area contributed by atoms with E-state index in [-0.39, 0.29) is 17.5 Å². The maximum atomic E-state index is 12.6. The number of hydrogen-bond donors (Lipinski definition) is 1. The molecule has 3 rings (SSSR count). The van der Waals surface area contributed by atoms with Crippen LogP contribution >= 0.6 is 0 Å². The first-order valence-electron chi connectivity index (χ1n) is 9.11. The summed E-state index contributed by atoms with van der Waals surface area (Å²) in [6.45, 7) is 6.24. The number of amides is 1. The van der Waals surface area contributed by atoms with Gasteiger partial charge in [0.05, 0.1) is 12.6 Å². The minimum atomic E-state index is -0.284. The van der Waals surface area contributed by atoms with Crippen molar-refractivity contribution in [1.82, 2.24) is 20.3 Å². The number of carbonyl (C=O) groups is 1. The van der Waals surface area contributed by atoms with E-state index in [4.69, 9.17) is 4.74 Å². The first kappa shape index (κ1) is 18.9. The van der Waals surface area contributed by atoms with Crippen LogP contribution in [0.5, 0.6) is 5.75 Å². The maximum absolute atomic E-state index is 12.6.